The first-order valence-electron chi connectivity index (χ1n) is 1.59. The lowest BCUT2D eigenvalue weighted by atomic mass is 10.7. The number of oxime groups is 1. The van der Waals surface area contributed by atoms with Crippen molar-refractivity contribution in [3.05, 3.63) is 0 Å². The van der Waals surface area contributed by atoms with Gasteiger partial charge in [0.05, 0.1) is 0 Å². The molecule has 0 saturated carbocycles. The summed E-state index contributed by atoms with van der Waals surface area (Å²) in [5, 5.41) is 2.86. The van der Waals surface area contributed by atoms with Crippen LogP contribution in [0.15, 0.2) is 5.16 Å². The van der Waals surface area contributed by atoms with Crippen LogP contribution in [0, 0.1) is 0 Å². The summed E-state index contributed by atoms with van der Waals surface area (Å²) in [5.74, 6) is -0.742. The van der Waals surface area contributed by atoms with Gasteiger partial charge in [-0.3, -0.25) is 9.42 Å². The summed E-state index contributed by atoms with van der Waals surface area (Å²) in [6, 6.07) is 0. The van der Waals surface area contributed by atoms with Gasteiger partial charge < -0.3 is 5.73 Å². The van der Waals surface area contributed by atoms with E-state index in [1.165, 1.54) is 0 Å². The van der Waals surface area contributed by atoms with Crippen molar-refractivity contribution < 1.29 is 14.0 Å². The molecular formula is C2H3N2O3P. The lowest BCUT2D eigenvalue weighted by Gasteiger charge is -1.75. The van der Waals surface area contributed by atoms with E-state index in [0.29, 0.717) is 6.21 Å². The highest BCUT2D eigenvalue weighted by Crippen LogP contribution is 1.91. The zero-order valence-electron chi connectivity index (χ0n) is 3.77. The van der Waals surface area contributed by atoms with Gasteiger partial charge in [-0.2, -0.15) is 0 Å². The maximum absolute atomic E-state index is 9.76. The lowest BCUT2D eigenvalue weighted by molar-refractivity contribution is -0.111. The monoisotopic (exact) mass is 134 g/mol. The van der Waals surface area contributed by atoms with Crippen molar-refractivity contribution in [2.24, 2.45) is 10.9 Å². The Kier molecular flexibility index (Phi) is 3.70. The fourth-order valence-corrected chi connectivity index (χ4v) is 0.180. The largest absolute Gasteiger partial charge is 0.419 e. The Hall–Kier alpha value is -0.960. The summed E-state index contributed by atoms with van der Waals surface area (Å²) in [5.41, 5.74) is 4.56. The molecule has 0 fully saturated rings. The lowest BCUT2D eigenvalue weighted by Crippen LogP contribution is -2.11. The second-order valence-electron chi connectivity index (χ2n) is 0.793. The molecule has 0 aliphatic carbocycles. The number of nitrogens with zero attached hydrogens (tertiary/aromatic N) is 1. The number of carbonyl (C=O) groups is 1. The van der Waals surface area contributed by atoms with Crippen molar-refractivity contribution in [2.75, 3.05) is 0 Å². The second kappa shape index (κ2) is 4.21. The van der Waals surface area contributed by atoms with E-state index in [9.17, 15) is 9.36 Å². The van der Waals surface area contributed by atoms with Crippen molar-refractivity contribution in [3.63, 3.8) is 0 Å². The van der Waals surface area contributed by atoms with Gasteiger partial charge in [-0.05, 0) is 0 Å². The standard InChI is InChI=1S/C2H3N2O3P/c3-2(5)1-4-7-8-6/h1H,(H2,3,5). The molecule has 0 unspecified atom stereocenters. The summed E-state index contributed by atoms with van der Waals surface area (Å²) in [6.45, 7) is 0. The highest BCUT2D eigenvalue weighted by Gasteiger charge is 1.81. The zero-order chi connectivity index (χ0) is 6.41. The Morgan fingerprint density at radius 1 is 1.88 bits per heavy atom. The average Bonchev–Trinajstić information content (AvgIpc) is 1.66. The topological polar surface area (TPSA) is 81.8 Å². The molecule has 5 nitrogen and oxygen atoms in total. The summed E-state index contributed by atoms with van der Waals surface area (Å²) in [6.07, 6.45) is 0.713. The molecule has 6 heteroatoms. The number of primary amides is 1. The van der Waals surface area contributed by atoms with Gasteiger partial charge in [-0.1, -0.05) is 5.16 Å². The number of nitrogens with two attached hydrogens (primary N) is 1. The van der Waals surface area contributed by atoms with Crippen molar-refractivity contribution in [3.8, 4) is 0 Å². The van der Waals surface area contributed by atoms with Crippen molar-refractivity contribution in [1.82, 2.24) is 0 Å². The maximum atomic E-state index is 9.76. The highest BCUT2D eigenvalue weighted by molar-refractivity contribution is 7.17. The van der Waals surface area contributed by atoms with Crippen LogP contribution in [0.2, 0.25) is 0 Å². The van der Waals surface area contributed by atoms with Crippen LogP contribution in [0.5, 0.6) is 0 Å². The summed E-state index contributed by atoms with van der Waals surface area (Å²) in [4.78, 5) is 9.76. The normalized spacial score (nSPS) is 10.0. The Morgan fingerprint density at radius 2 is 2.50 bits per heavy atom. The Balaban J connectivity index is 3.34. The number of carbonyl (C=O) groups excluding carboxylic acids is 1. The van der Waals surface area contributed by atoms with E-state index in [1.807, 2.05) is 0 Å². The molecule has 0 aromatic rings. The molecule has 0 atom stereocenters. The van der Waals surface area contributed by atoms with Gasteiger partial charge in [-0.25, -0.2) is 4.57 Å². The highest BCUT2D eigenvalue weighted by atomic mass is 31.1. The van der Waals surface area contributed by atoms with E-state index < -0.39 is 14.6 Å². The molecule has 44 valence electrons. The van der Waals surface area contributed by atoms with E-state index in [2.05, 4.69) is 15.5 Å². The molecule has 0 aromatic heterocycles. The third-order valence-electron chi connectivity index (χ3n) is 0.260. The fourth-order valence-electron chi connectivity index (χ4n) is 0.0948. The number of hydrogen-bond donors (Lipinski definition) is 1. The van der Waals surface area contributed by atoms with Gasteiger partial charge in [0.1, 0.15) is 6.21 Å². The van der Waals surface area contributed by atoms with E-state index in [4.69, 9.17) is 0 Å². The Labute approximate surface area is 46.8 Å². The average molecular weight is 134 g/mol. The minimum Gasteiger partial charge on any atom is -0.365 e. The molecule has 0 aromatic carbocycles. The second-order valence-corrected chi connectivity index (χ2v) is 1.11. The molecule has 8 heavy (non-hydrogen) atoms. The van der Waals surface area contributed by atoms with Crippen LogP contribution < -0.4 is 5.73 Å². The fraction of sp³-hybridized carbons (Fsp3) is 0. The Morgan fingerprint density at radius 3 is 2.88 bits per heavy atom. The molecule has 0 bridgehead atoms. The van der Waals surface area contributed by atoms with Crippen LogP contribution >= 0.6 is 8.69 Å². The van der Waals surface area contributed by atoms with Crippen LogP contribution in [0.1, 0.15) is 0 Å². The van der Waals surface area contributed by atoms with Gasteiger partial charge in [0.25, 0.3) is 5.91 Å². The van der Waals surface area contributed by atoms with Crippen molar-refractivity contribution in [1.29, 1.82) is 0 Å². The maximum Gasteiger partial charge on any atom is 0.419 e. The number of rotatable bonds is 3. The smallest absolute Gasteiger partial charge is 0.365 e. The van der Waals surface area contributed by atoms with E-state index >= 15 is 0 Å². The van der Waals surface area contributed by atoms with Crippen molar-refractivity contribution in [2.45, 2.75) is 0 Å². The number of hydrogen-bond acceptors (Lipinski definition) is 4. The van der Waals surface area contributed by atoms with Crippen LogP contribution in [0.4, 0.5) is 0 Å². The van der Waals surface area contributed by atoms with Gasteiger partial charge in [0.2, 0.25) is 0 Å². The molecule has 0 heterocycles. The van der Waals surface area contributed by atoms with Crippen LogP contribution in [0.3, 0.4) is 0 Å². The van der Waals surface area contributed by atoms with E-state index in [0.717, 1.165) is 0 Å². The van der Waals surface area contributed by atoms with E-state index in [1.54, 1.807) is 0 Å². The summed E-state index contributed by atoms with van der Waals surface area (Å²) < 4.78 is 13.2. The first kappa shape index (κ1) is 7.04. The number of amides is 1. The minimum atomic E-state index is -0.742. The zero-order valence-corrected chi connectivity index (χ0v) is 4.67. The van der Waals surface area contributed by atoms with Crippen LogP contribution in [0.25, 0.3) is 0 Å². The van der Waals surface area contributed by atoms with Crippen LogP contribution in [-0.2, 0) is 14.0 Å². The molecule has 1 amide bonds. The molecule has 0 spiro atoms. The molecule has 0 aliphatic heterocycles. The van der Waals surface area contributed by atoms with Gasteiger partial charge in [0.15, 0.2) is 0 Å². The van der Waals surface area contributed by atoms with Gasteiger partial charge >= 0.3 is 8.69 Å². The van der Waals surface area contributed by atoms with Gasteiger partial charge in [-0.15, -0.1) is 0 Å². The molecule has 0 rings (SSSR count). The first-order valence-corrected chi connectivity index (χ1v) is 2.32. The molecule has 0 saturated heterocycles. The Bertz CT molecular complexity index is 122. The quantitative estimate of drug-likeness (QED) is 0.326. The predicted octanol–water partition coefficient (Wildman–Crippen LogP) is -0.319. The minimum absolute atomic E-state index is 0.605. The molecule has 2 N–H and O–H groups in total. The van der Waals surface area contributed by atoms with Gasteiger partial charge in [0, 0.05) is 0 Å². The molecule has 0 radical (unpaired) electrons. The summed E-state index contributed by atoms with van der Waals surface area (Å²) in [7, 11) is -0.605. The molecule has 0 aliphatic rings. The predicted molar refractivity (Wildman–Crippen MR) is 26.4 cm³/mol. The van der Waals surface area contributed by atoms with Crippen molar-refractivity contribution >= 4 is 20.8 Å². The third kappa shape index (κ3) is 5.04. The van der Waals surface area contributed by atoms with E-state index in [-0.39, 0.29) is 0 Å². The van der Waals surface area contributed by atoms with Crippen LogP contribution in [-0.4, -0.2) is 12.1 Å². The first-order chi connectivity index (χ1) is 3.77. The summed E-state index contributed by atoms with van der Waals surface area (Å²) >= 11 is 0. The SMILES string of the molecule is NC(=O)C=NOP=O. The molecular weight excluding hydrogens is 131 g/mol. The third-order valence-corrected chi connectivity index (χ3v) is 0.421.